The molecule has 0 fully saturated rings. The number of carbonyl (C=O) groups is 2. The van der Waals surface area contributed by atoms with E-state index in [1.165, 1.54) is 4.90 Å². The van der Waals surface area contributed by atoms with E-state index in [1.54, 1.807) is 19.0 Å². The van der Waals surface area contributed by atoms with E-state index < -0.39 is 0 Å². The number of amides is 2. The summed E-state index contributed by atoms with van der Waals surface area (Å²) in [5.74, 6) is 0.345. The quantitative estimate of drug-likeness (QED) is 0.650. The summed E-state index contributed by atoms with van der Waals surface area (Å²) in [6, 6.07) is 0.468. The Bertz CT molecular complexity index is 303. The van der Waals surface area contributed by atoms with Gasteiger partial charge in [0.15, 0.2) is 0 Å². The Morgan fingerprint density at radius 1 is 1.00 bits per heavy atom. The van der Waals surface area contributed by atoms with Crippen molar-refractivity contribution in [2.24, 2.45) is 5.92 Å². The number of nitrogens with one attached hydrogen (secondary N) is 1. The normalized spacial score (nSPS) is 11.0. The second-order valence-electron chi connectivity index (χ2n) is 6.13. The van der Waals surface area contributed by atoms with Gasteiger partial charge in [-0.3, -0.25) is 9.59 Å². The SMILES string of the molecule is CC(C)CC(=O)N(C)CC(=O)N(C)CCCNC(C)C. The van der Waals surface area contributed by atoms with Crippen LogP contribution in [0, 0.1) is 5.92 Å². The molecule has 20 heavy (non-hydrogen) atoms. The van der Waals surface area contributed by atoms with Crippen LogP contribution < -0.4 is 5.32 Å². The van der Waals surface area contributed by atoms with Gasteiger partial charge in [0, 0.05) is 33.1 Å². The van der Waals surface area contributed by atoms with Gasteiger partial charge in [0.1, 0.15) is 0 Å². The molecule has 0 aliphatic rings. The lowest BCUT2D eigenvalue weighted by Gasteiger charge is -2.23. The molecule has 2 amide bonds. The summed E-state index contributed by atoms with van der Waals surface area (Å²) in [7, 11) is 3.48. The fraction of sp³-hybridized carbons (Fsp3) is 0.867. The molecular weight excluding hydrogens is 254 g/mol. The van der Waals surface area contributed by atoms with Crippen molar-refractivity contribution in [1.29, 1.82) is 0 Å². The molecular formula is C15H31N3O2. The van der Waals surface area contributed by atoms with E-state index >= 15 is 0 Å². The van der Waals surface area contributed by atoms with Crippen LogP contribution >= 0.6 is 0 Å². The Labute approximate surface area is 123 Å². The number of carbonyl (C=O) groups excluding carboxylic acids is 2. The molecule has 0 aliphatic carbocycles. The molecule has 0 aliphatic heterocycles. The van der Waals surface area contributed by atoms with Gasteiger partial charge in [-0.2, -0.15) is 0 Å². The van der Waals surface area contributed by atoms with Crippen molar-refractivity contribution in [2.75, 3.05) is 33.7 Å². The first kappa shape index (κ1) is 18.9. The molecule has 0 saturated heterocycles. The molecule has 0 heterocycles. The maximum absolute atomic E-state index is 12.0. The highest BCUT2D eigenvalue weighted by Gasteiger charge is 2.16. The highest BCUT2D eigenvalue weighted by molar-refractivity contribution is 5.84. The molecule has 0 saturated carbocycles. The fourth-order valence-electron chi connectivity index (χ4n) is 1.75. The average molecular weight is 285 g/mol. The van der Waals surface area contributed by atoms with Crippen molar-refractivity contribution in [3.05, 3.63) is 0 Å². The molecule has 1 N–H and O–H groups in total. The summed E-state index contributed by atoms with van der Waals surface area (Å²) in [5, 5.41) is 3.32. The molecule has 0 aromatic carbocycles. The number of rotatable bonds is 9. The molecule has 0 rings (SSSR count). The van der Waals surface area contributed by atoms with Gasteiger partial charge < -0.3 is 15.1 Å². The van der Waals surface area contributed by atoms with Crippen LogP contribution in [-0.2, 0) is 9.59 Å². The third-order valence-corrected chi connectivity index (χ3v) is 3.03. The zero-order valence-electron chi connectivity index (χ0n) is 13.9. The van der Waals surface area contributed by atoms with E-state index in [4.69, 9.17) is 0 Å². The lowest BCUT2D eigenvalue weighted by atomic mass is 10.1. The lowest BCUT2D eigenvalue weighted by Crippen LogP contribution is -2.40. The maximum atomic E-state index is 12.0. The van der Waals surface area contributed by atoms with E-state index in [9.17, 15) is 9.59 Å². The first-order chi connectivity index (χ1) is 9.23. The van der Waals surface area contributed by atoms with Crippen molar-refractivity contribution >= 4 is 11.8 Å². The van der Waals surface area contributed by atoms with Crippen molar-refractivity contribution in [1.82, 2.24) is 15.1 Å². The standard InChI is InChI=1S/C15H31N3O2/c1-12(2)10-14(19)18(6)11-15(20)17(5)9-7-8-16-13(3)4/h12-13,16H,7-11H2,1-6H3. The van der Waals surface area contributed by atoms with Crippen LogP contribution in [0.4, 0.5) is 0 Å². The van der Waals surface area contributed by atoms with E-state index in [0.717, 1.165) is 13.0 Å². The molecule has 0 aromatic heterocycles. The number of nitrogens with zero attached hydrogens (tertiary/aromatic N) is 2. The van der Waals surface area contributed by atoms with Crippen LogP contribution in [0.2, 0.25) is 0 Å². The zero-order chi connectivity index (χ0) is 15.7. The van der Waals surface area contributed by atoms with Crippen LogP contribution in [-0.4, -0.2) is 61.4 Å². The smallest absolute Gasteiger partial charge is 0.241 e. The first-order valence-electron chi connectivity index (χ1n) is 7.45. The molecule has 0 spiro atoms. The van der Waals surface area contributed by atoms with Crippen LogP contribution in [0.3, 0.4) is 0 Å². The van der Waals surface area contributed by atoms with E-state index in [0.29, 0.717) is 24.9 Å². The summed E-state index contributed by atoms with van der Waals surface area (Å²) < 4.78 is 0. The highest BCUT2D eigenvalue weighted by Crippen LogP contribution is 2.03. The Morgan fingerprint density at radius 3 is 2.10 bits per heavy atom. The van der Waals surface area contributed by atoms with Gasteiger partial charge in [0.05, 0.1) is 6.54 Å². The minimum Gasteiger partial charge on any atom is -0.344 e. The Balaban J connectivity index is 3.97. The fourth-order valence-corrected chi connectivity index (χ4v) is 1.75. The summed E-state index contributed by atoms with van der Waals surface area (Å²) in [5.41, 5.74) is 0. The summed E-state index contributed by atoms with van der Waals surface area (Å²) in [6.07, 6.45) is 1.41. The van der Waals surface area contributed by atoms with Crippen LogP contribution in [0.1, 0.15) is 40.5 Å². The number of hydrogen-bond donors (Lipinski definition) is 1. The minimum absolute atomic E-state index is 0.00541. The summed E-state index contributed by atoms with van der Waals surface area (Å²) in [4.78, 5) is 27.0. The summed E-state index contributed by atoms with van der Waals surface area (Å²) >= 11 is 0. The van der Waals surface area contributed by atoms with Crippen molar-refractivity contribution in [2.45, 2.75) is 46.6 Å². The monoisotopic (exact) mass is 285 g/mol. The molecule has 0 atom stereocenters. The molecule has 118 valence electrons. The second kappa shape index (κ2) is 9.75. The second-order valence-corrected chi connectivity index (χ2v) is 6.13. The molecule has 0 radical (unpaired) electrons. The van der Waals surface area contributed by atoms with Crippen LogP contribution in [0.25, 0.3) is 0 Å². The van der Waals surface area contributed by atoms with Gasteiger partial charge >= 0.3 is 0 Å². The van der Waals surface area contributed by atoms with Crippen molar-refractivity contribution in [3.8, 4) is 0 Å². The van der Waals surface area contributed by atoms with Gasteiger partial charge in [0.2, 0.25) is 11.8 Å². The third kappa shape index (κ3) is 8.91. The van der Waals surface area contributed by atoms with Gasteiger partial charge in [-0.05, 0) is 18.9 Å². The minimum atomic E-state index is -0.00541. The average Bonchev–Trinajstić information content (AvgIpc) is 2.32. The van der Waals surface area contributed by atoms with Crippen molar-refractivity contribution in [3.63, 3.8) is 0 Å². The van der Waals surface area contributed by atoms with Gasteiger partial charge in [0.25, 0.3) is 0 Å². The topological polar surface area (TPSA) is 52.7 Å². The molecule has 0 bridgehead atoms. The predicted octanol–water partition coefficient (Wildman–Crippen LogP) is 1.34. The van der Waals surface area contributed by atoms with E-state index in [-0.39, 0.29) is 18.4 Å². The van der Waals surface area contributed by atoms with Gasteiger partial charge in [-0.15, -0.1) is 0 Å². The molecule has 5 nitrogen and oxygen atoms in total. The predicted molar refractivity (Wildman–Crippen MR) is 82.5 cm³/mol. The number of likely N-dealkylation sites (N-methyl/N-ethyl adjacent to an activating group) is 2. The van der Waals surface area contributed by atoms with Crippen LogP contribution in [0.15, 0.2) is 0 Å². The Kier molecular flexibility index (Phi) is 9.21. The lowest BCUT2D eigenvalue weighted by molar-refractivity contribution is -0.139. The zero-order valence-corrected chi connectivity index (χ0v) is 13.9. The van der Waals surface area contributed by atoms with E-state index in [1.807, 2.05) is 13.8 Å². The van der Waals surface area contributed by atoms with Gasteiger partial charge in [-0.1, -0.05) is 27.7 Å². The first-order valence-corrected chi connectivity index (χ1v) is 7.45. The highest BCUT2D eigenvalue weighted by atomic mass is 16.2. The largest absolute Gasteiger partial charge is 0.344 e. The number of hydrogen-bond acceptors (Lipinski definition) is 3. The summed E-state index contributed by atoms with van der Waals surface area (Å²) in [6.45, 7) is 9.99. The van der Waals surface area contributed by atoms with Gasteiger partial charge in [-0.25, -0.2) is 0 Å². The Hall–Kier alpha value is -1.10. The molecule has 0 aromatic rings. The molecule has 0 unspecified atom stereocenters. The Morgan fingerprint density at radius 2 is 1.60 bits per heavy atom. The third-order valence-electron chi connectivity index (χ3n) is 3.03. The van der Waals surface area contributed by atoms with E-state index in [2.05, 4.69) is 19.2 Å². The van der Waals surface area contributed by atoms with Crippen molar-refractivity contribution < 1.29 is 9.59 Å². The maximum Gasteiger partial charge on any atom is 0.241 e. The van der Waals surface area contributed by atoms with Crippen LogP contribution in [0.5, 0.6) is 0 Å². The molecule has 5 heteroatoms.